The van der Waals surface area contributed by atoms with Gasteiger partial charge < -0.3 is 0 Å². The largest absolute Gasteiger partial charge is 0.296 e. The molecule has 4 heteroatoms. The van der Waals surface area contributed by atoms with E-state index in [1.807, 2.05) is 36.4 Å². The van der Waals surface area contributed by atoms with Gasteiger partial charge >= 0.3 is 0 Å². The maximum atomic E-state index is 7.69. The molecule has 4 nitrogen and oxygen atoms in total. The third kappa shape index (κ3) is 3.37. The molecule has 2 N–H and O–H groups in total. The summed E-state index contributed by atoms with van der Waals surface area (Å²) in [6.07, 6.45) is 2.99. The lowest BCUT2D eigenvalue weighted by Gasteiger charge is -2.52. The number of fused-ring (bicyclic) bond motifs is 1. The van der Waals surface area contributed by atoms with Gasteiger partial charge in [-0.05, 0) is 36.8 Å². The van der Waals surface area contributed by atoms with Gasteiger partial charge in [-0.15, -0.1) is 0 Å². The number of nitrogens with zero attached hydrogens (tertiary/aromatic N) is 3. The quantitative estimate of drug-likeness (QED) is 0.161. The standard InChI is InChI=1S/C32H33N4/c1-3-24-36(25-4-2)30-23-15-14-22-29(30)32(33,35-34-28-20-12-7-13-21-28)31(36,26-16-8-5-9-17-26)27-18-10-6-11-19-27/h3,5-23H,1,4,24-25,33H2,2H3/q+1. The Hall–Kier alpha value is -3.86. The molecular weight excluding hydrogens is 440 g/mol. The minimum atomic E-state index is -1.18. The first-order valence-corrected chi connectivity index (χ1v) is 12.6. The molecule has 0 saturated carbocycles. The predicted octanol–water partition coefficient (Wildman–Crippen LogP) is 7.44. The number of nitrogens with two attached hydrogens (primary N) is 1. The molecule has 2 atom stereocenters. The molecule has 0 amide bonds. The summed E-state index contributed by atoms with van der Waals surface area (Å²) in [7, 11) is 0. The van der Waals surface area contributed by atoms with Crippen LogP contribution in [0.2, 0.25) is 0 Å². The molecule has 0 radical (unpaired) electrons. The number of hydrogen-bond donors (Lipinski definition) is 1. The van der Waals surface area contributed by atoms with E-state index in [0.29, 0.717) is 11.0 Å². The van der Waals surface area contributed by atoms with E-state index in [-0.39, 0.29) is 0 Å². The van der Waals surface area contributed by atoms with Crippen LogP contribution in [-0.2, 0) is 11.2 Å². The highest BCUT2D eigenvalue weighted by Crippen LogP contribution is 2.62. The van der Waals surface area contributed by atoms with Crippen molar-refractivity contribution in [1.29, 1.82) is 0 Å². The maximum Gasteiger partial charge on any atom is 0.225 e. The topological polar surface area (TPSA) is 50.7 Å². The Bertz CT molecular complexity index is 1310. The highest BCUT2D eigenvalue weighted by atomic mass is 15.5. The van der Waals surface area contributed by atoms with E-state index in [0.717, 1.165) is 35.3 Å². The molecule has 1 aliphatic rings. The Morgan fingerprint density at radius 2 is 1.31 bits per heavy atom. The van der Waals surface area contributed by atoms with Crippen LogP contribution in [0.25, 0.3) is 0 Å². The molecule has 180 valence electrons. The second-order valence-corrected chi connectivity index (χ2v) is 9.42. The first-order valence-electron chi connectivity index (χ1n) is 12.6. The zero-order chi connectivity index (χ0) is 25.1. The van der Waals surface area contributed by atoms with Gasteiger partial charge in [0.2, 0.25) is 11.2 Å². The van der Waals surface area contributed by atoms with Crippen LogP contribution < -0.4 is 10.2 Å². The first-order chi connectivity index (χ1) is 17.6. The molecule has 0 aliphatic carbocycles. The molecular formula is C32H33N4+. The summed E-state index contributed by atoms with van der Waals surface area (Å²) >= 11 is 0. The van der Waals surface area contributed by atoms with Crippen LogP contribution in [0.3, 0.4) is 0 Å². The zero-order valence-electron chi connectivity index (χ0n) is 20.8. The Balaban J connectivity index is 1.96. The second-order valence-electron chi connectivity index (χ2n) is 9.42. The number of para-hydroxylation sites is 1. The van der Waals surface area contributed by atoms with Crippen LogP contribution in [-0.4, -0.2) is 13.1 Å². The molecule has 4 aromatic rings. The maximum absolute atomic E-state index is 7.69. The summed E-state index contributed by atoms with van der Waals surface area (Å²) in [6, 6.07) is 39.5. The molecule has 0 bridgehead atoms. The Morgan fingerprint density at radius 3 is 1.86 bits per heavy atom. The van der Waals surface area contributed by atoms with E-state index < -0.39 is 11.2 Å². The number of hydrogen-bond acceptors (Lipinski definition) is 3. The third-order valence-corrected chi connectivity index (χ3v) is 7.48. The lowest BCUT2D eigenvalue weighted by atomic mass is 9.71. The second kappa shape index (κ2) is 9.65. The Labute approximate surface area is 214 Å². The Kier molecular flexibility index (Phi) is 6.40. The molecule has 0 aromatic heterocycles. The Morgan fingerprint density at radius 1 is 0.778 bits per heavy atom. The molecule has 1 aliphatic heterocycles. The van der Waals surface area contributed by atoms with Gasteiger partial charge in [0.05, 0.1) is 17.8 Å². The van der Waals surface area contributed by atoms with Crippen molar-refractivity contribution in [1.82, 2.24) is 4.48 Å². The normalized spacial score (nSPS) is 22.4. The van der Waals surface area contributed by atoms with E-state index in [9.17, 15) is 0 Å². The van der Waals surface area contributed by atoms with Crippen molar-refractivity contribution in [2.75, 3.05) is 13.1 Å². The van der Waals surface area contributed by atoms with Gasteiger partial charge in [0.1, 0.15) is 12.2 Å². The van der Waals surface area contributed by atoms with Gasteiger partial charge in [-0.1, -0.05) is 104 Å². The molecule has 36 heavy (non-hydrogen) atoms. The monoisotopic (exact) mass is 473 g/mol. The summed E-state index contributed by atoms with van der Waals surface area (Å²) < 4.78 is 0.585. The molecule has 5 rings (SSSR count). The summed E-state index contributed by atoms with van der Waals surface area (Å²) in [5, 5.41) is 9.84. The molecule has 2 unspecified atom stereocenters. The van der Waals surface area contributed by atoms with Crippen LogP contribution in [0.15, 0.2) is 138 Å². The van der Waals surface area contributed by atoms with Crippen molar-refractivity contribution >= 4 is 11.4 Å². The van der Waals surface area contributed by atoms with Crippen LogP contribution in [0.1, 0.15) is 30.0 Å². The average molecular weight is 474 g/mol. The van der Waals surface area contributed by atoms with Crippen molar-refractivity contribution < 1.29 is 0 Å². The highest BCUT2D eigenvalue weighted by Gasteiger charge is 2.73. The first kappa shape index (κ1) is 23.9. The smallest absolute Gasteiger partial charge is 0.225 e. The fourth-order valence-corrected chi connectivity index (χ4v) is 6.31. The van der Waals surface area contributed by atoms with Crippen LogP contribution in [0.5, 0.6) is 0 Å². The van der Waals surface area contributed by atoms with E-state index in [4.69, 9.17) is 16.0 Å². The predicted molar refractivity (Wildman–Crippen MR) is 149 cm³/mol. The van der Waals surface area contributed by atoms with Gasteiger partial charge in [0, 0.05) is 11.1 Å². The van der Waals surface area contributed by atoms with Crippen LogP contribution in [0, 0.1) is 0 Å². The number of azo groups is 1. The minimum Gasteiger partial charge on any atom is -0.296 e. The molecule has 4 aromatic carbocycles. The van der Waals surface area contributed by atoms with Gasteiger partial charge in [0.25, 0.3) is 0 Å². The number of rotatable bonds is 8. The fourth-order valence-electron chi connectivity index (χ4n) is 6.31. The highest BCUT2D eigenvalue weighted by molar-refractivity contribution is 5.69. The molecule has 0 saturated heterocycles. The zero-order valence-corrected chi connectivity index (χ0v) is 20.8. The van der Waals surface area contributed by atoms with Crippen LogP contribution >= 0.6 is 0 Å². The van der Waals surface area contributed by atoms with Gasteiger partial charge in [0.15, 0.2) is 0 Å². The summed E-state index contributed by atoms with van der Waals surface area (Å²) in [6.45, 7) is 8.01. The number of benzene rings is 4. The minimum absolute atomic E-state index is 0.585. The summed E-state index contributed by atoms with van der Waals surface area (Å²) in [5.41, 5.74) is 10.9. The fraction of sp³-hybridized carbons (Fsp3) is 0.188. The van der Waals surface area contributed by atoms with Crippen molar-refractivity contribution in [3.63, 3.8) is 0 Å². The van der Waals surface area contributed by atoms with Gasteiger partial charge in [-0.2, -0.15) is 10.2 Å². The average Bonchev–Trinajstić information content (AvgIpc) is 3.12. The van der Waals surface area contributed by atoms with E-state index in [1.165, 1.54) is 5.69 Å². The van der Waals surface area contributed by atoms with Crippen molar-refractivity contribution in [3.8, 4) is 0 Å². The van der Waals surface area contributed by atoms with E-state index >= 15 is 0 Å². The SMILES string of the molecule is C=CC[N+]1(CCC)c2ccccc2C(N)(N=Nc2ccccc2)C1(c1ccccc1)c1ccccc1. The number of quaternary nitrogens is 1. The van der Waals surface area contributed by atoms with Crippen molar-refractivity contribution in [3.05, 3.63) is 145 Å². The van der Waals surface area contributed by atoms with E-state index in [2.05, 4.69) is 98.4 Å². The lowest BCUT2D eigenvalue weighted by Crippen LogP contribution is -2.70. The van der Waals surface area contributed by atoms with E-state index in [1.54, 1.807) is 0 Å². The van der Waals surface area contributed by atoms with Crippen molar-refractivity contribution in [2.24, 2.45) is 16.0 Å². The van der Waals surface area contributed by atoms with Gasteiger partial charge in [-0.25, -0.2) is 0 Å². The van der Waals surface area contributed by atoms with Crippen molar-refractivity contribution in [2.45, 2.75) is 24.5 Å². The molecule has 0 fully saturated rings. The van der Waals surface area contributed by atoms with Gasteiger partial charge in [-0.3, -0.25) is 10.2 Å². The molecule has 0 spiro atoms. The summed E-state index contributed by atoms with van der Waals surface area (Å²) in [4.78, 5) is 0. The van der Waals surface area contributed by atoms with Crippen LogP contribution in [0.4, 0.5) is 11.4 Å². The lowest BCUT2D eigenvalue weighted by molar-refractivity contribution is 0.0857. The summed E-state index contributed by atoms with van der Waals surface area (Å²) in [5.74, 6) is 0. The third-order valence-electron chi connectivity index (χ3n) is 7.48. The molecule has 1 heterocycles.